The molecule has 2 aromatic rings. The molecule has 2 heteroatoms. The number of rotatable bonds is 21. The molecule has 0 aromatic heterocycles. The number of unbranched alkanes of at least 4 members (excludes halogenated alkanes) is 12. The van der Waals surface area contributed by atoms with Gasteiger partial charge in [-0.3, -0.25) is 4.79 Å². The van der Waals surface area contributed by atoms with Crippen LogP contribution in [0.15, 0.2) is 66.2 Å². The van der Waals surface area contributed by atoms with Crippen LogP contribution in [0.4, 0.5) is 0 Å². The van der Waals surface area contributed by atoms with Crippen molar-refractivity contribution >= 4 is 12.0 Å². The van der Waals surface area contributed by atoms with Crippen LogP contribution < -0.4 is 0 Å². The lowest BCUT2D eigenvalue weighted by Gasteiger charge is -2.31. The third kappa shape index (κ3) is 13.4. The highest BCUT2D eigenvalue weighted by atomic mass is 16.2. The Kier molecular flexibility index (Phi) is 17.3. The number of nitrogens with zero attached hydrogens (tertiary/aromatic N) is 1. The molecule has 210 valence electrons. The van der Waals surface area contributed by atoms with Crippen LogP contribution in [0.5, 0.6) is 0 Å². The van der Waals surface area contributed by atoms with Crippen molar-refractivity contribution in [3.63, 3.8) is 0 Å². The summed E-state index contributed by atoms with van der Waals surface area (Å²) in [5.74, 6) is 0.298. The molecule has 1 unspecified atom stereocenters. The van der Waals surface area contributed by atoms with E-state index in [4.69, 9.17) is 0 Å². The van der Waals surface area contributed by atoms with E-state index in [1.54, 1.807) is 0 Å². The normalized spacial score (nSPS) is 12.4. The van der Waals surface area contributed by atoms with Crippen LogP contribution in [0.3, 0.4) is 0 Å². The highest BCUT2D eigenvalue weighted by molar-refractivity contribution is 5.77. The van der Waals surface area contributed by atoms with Crippen molar-refractivity contribution in [1.29, 1.82) is 0 Å². The van der Waals surface area contributed by atoms with Crippen LogP contribution in [-0.4, -0.2) is 17.4 Å². The number of carbonyl (C=O) groups is 1. The molecule has 0 heterocycles. The SMILES string of the molecule is CCCCCCCCCCCCCC(=O)N(CC(=Cc1ccccc1)CCCCC)C(C)c1ccccc1. The van der Waals surface area contributed by atoms with Crippen molar-refractivity contribution in [2.24, 2.45) is 0 Å². The van der Waals surface area contributed by atoms with Crippen molar-refractivity contribution in [1.82, 2.24) is 4.90 Å². The van der Waals surface area contributed by atoms with Crippen LogP contribution >= 0.6 is 0 Å². The lowest BCUT2D eigenvalue weighted by atomic mass is 10.0. The summed E-state index contributed by atoms with van der Waals surface area (Å²) in [5.41, 5.74) is 3.80. The van der Waals surface area contributed by atoms with E-state index in [0.29, 0.717) is 18.9 Å². The van der Waals surface area contributed by atoms with Crippen molar-refractivity contribution < 1.29 is 4.79 Å². The van der Waals surface area contributed by atoms with E-state index in [9.17, 15) is 4.79 Å². The Morgan fingerprint density at radius 2 is 1.13 bits per heavy atom. The average molecular weight is 518 g/mol. The Morgan fingerprint density at radius 3 is 1.71 bits per heavy atom. The van der Waals surface area contributed by atoms with Crippen LogP contribution in [-0.2, 0) is 4.79 Å². The third-order valence-corrected chi connectivity index (χ3v) is 7.71. The standard InChI is InChI=1S/C36H55NO/c1-4-6-8-9-10-11-12-13-14-15-23-29-36(38)37(32(3)35-27-21-17-22-28-35)31-34(26-18-7-5-2)30-33-24-19-16-20-25-33/h16-17,19-22,24-25,27-28,30,32H,4-15,18,23,26,29,31H2,1-3H3. The smallest absolute Gasteiger partial charge is 0.223 e. The second-order valence-electron chi connectivity index (χ2n) is 11.1. The Hall–Kier alpha value is -2.35. The fraction of sp³-hybridized carbons (Fsp3) is 0.583. The first-order valence-corrected chi connectivity index (χ1v) is 15.7. The van der Waals surface area contributed by atoms with E-state index >= 15 is 0 Å². The lowest BCUT2D eigenvalue weighted by Crippen LogP contribution is -2.35. The molecule has 0 fully saturated rings. The van der Waals surface area contributed by atoms with Crippen LogP contribution in [0.25, 0.3) is 6.08 Å². The van der Waals surface area contributed by atoms with Gasteiger partial charge in [-0.25, -0.2) is 0 Å². The van der Waals surface area contributed by atoms with Gasteiger partial charge in [0.25, 0.3) is 0 Å². The van der Waals surface area contributed by atoms with Crippen LogP contribution in [0.1, 0.15) is 141 Å². The Balaban J connectivity index is 1.95. The zero-order chi connectivity index (χ0) is 27.3. The molecule has 1 amide bonds. The summed E-state index contributed by atoms with van der Waals surface area (Å²) in [7, 11) is 0. The zero-order valence-electron chi connectivity index (χ0n) is 24.8. The number of hydrogen-bond acceptors (Lipinski definition) is 1. The summed E-state index contributed by atoms with van der Waals surface area (Å²) in [5, 5.41) is 0. The van der Waals surface area contributed by atoms with Crippen molar-refractivity contribution in [2.45, 2.75) is 130 Å². The molecule has 0 spiro atoms. The highest BCUT2D eigenvalue weighted by Crippen LogP contribution is 2.25. The lowest BCUT2D eigenvalue weighted by molar-refractivity contribution is -0.133. The van der Waals surface area contributed by atoms with Gasteiger partial charge >= 0.3 is 0 Å². The summed E-state index contributed by atoms with van der Waals surface area (Å²) in [6.07, 6.45) is 22.0. The van der Waals surface area contributed by atoms with Gasteiger partial charge in [0.2, 0.25) is 5.91 Å². The van der Waals surface area contributed by atoms with Crippen LogP contribution in [0, 0.1) is 0 Å². The van der Waals surface area contributed by atoms with Gasteiger partial charge in [0.1, 0.15) is 0 Å². The fourth-order valence-corrected chi connectivity index (χ4v) is 5.24. The Labute approximate surface area is 234 Å². The minimum Gasteiger partial charge on any atom is -0.332 e. The minimum atomic E-state index is 0.0711. The molecule has 0 bridgehead atoms. The molecule has 0 N–H and O–H groups in total. The molecule has 38 heavy (non-hydrogen) atoms. The quantitative estimate of drug-likeness (QED) is 0.151. The highest BCUT2D eigenvalue weighted by Gasteiger charge is 2.22. The van der Waals surface area contributed by atoms with Gasteiger partial charge in [0.05, 0.1) is 6.04 Å². The van der Waals surface area contributed by atoms with E-state index < -0.39 is 0 Å². The van der Waals surface area contributed by atoms with Gasteiger partial charge in [-0.15, -0.1) is 0 Å². The summed E-state index contributed by atoms with van der Waals surface area (Å²) < 4.78 is 0. The Bertz CT molecular complexity index is 873. The van der Waals surface area contributed by atoms with Gasteiger partial charge in [0, 0.05) is 13.0 Å². The molecule has 2 nitrogen and oxygen atoms in total. The molecule has 0 radical (unpaired) electrons. The first kappa shape index (κ1) is 31.9. The molecule has 0 aliphatic heterocycles. The molecule has 0 aliphatic carbocycles. The largest absolute Gasteiger partial charge is 0.332 e. The molecule has 0 aliphatic rings. The van der Waals surface area contributed by atoms with E-state index in [1.807, 2.05) is 0 Å². The first-order chi connectivity index (χ1) is 18.7. The van der Waals surface area contributed by atoms with Gasteiger partial charge in [-0.2, -0.15) is 0 Å². The Morgan fingerprint density at radius 1 is 0.658 bits per heavy atom. The molecular formula is C36H55NO. The van der Waals surface area contributed by atoms with E-state index in [0.717, 1.165) is 12.8 Å². The predicted molar refractivity (Wildman–Crippen MR) is 166 cm³/mol. The number of hydrogen-bond donors (Lipinski definition) is 0. The minimum absolute atomic E-state index is 0.0711. The van der Waals surface area contributed by atoms with E-state index in [1.165, 1.54) is 100 Å². The van der Waals surface area contributed by atoms with Gasteiger partial charge in [-0.1, -0.05) is 163 Å². The van der Waals surface area contributed by atoms with Crippen molar-refractivity contribution in [3.8, 4) is 0 Å². The second kappa shape index (κ2) is 20.6. The van der Waals surface area contributed by atoms with Crippen molar-refractivity contribution in [3.05, 3.63) is 77.4 Å². The molecule has 1 atom stereocenters. The number of benzene rings is 2. The second-order valence-corrected chi connectivity index (χ2v) is 11.1. The maximum atomic E-state index is 13.6. The number of amides is 1. The monoisotopic (exact) mass is 517 g/mol. The molecule has 2 aromatic carbocycles. The van der Waals surface area contributed by atoms with E-state index in [2.05, 4.69) is 92.4 Å². The summed E-state index contributed by atoms with van der Waals surface area (Å²) in [6, 6.07) is 21.2. The summed E-state index contributed by atoms with van der Waals surface area (Å²) >= 11 is 0. The molecule has 2 rings (SSSR count). The third-order valence-electron chi connectivity index (χ3n) is 7.71. The van der Waals surface area contributed by atoms with Gasteiger partial charge < -0.3 is 4.90 Å². The summed E-state index contributed by atoms with van der Waals surface area (Å²) in [4.78, 5) is 15.8. The maximum absolute atomic E-state index is 13.6. The summed E-state index contributed by atoms with van der Waals surface area (Å²) in [6.45, 7) is 7.44. The zero-order valence-corrected chi connectivity index (χ0v) is 24.8. The van der Waals surface area contributed by atoms with E-state index in [-0.39, 0.29) is 6.04 Å². The molecular weight excluding hydrogens is 462 g/mol. The average Bonchev–Trinajstić information content (AvgIpc) is 2.95. The molecule has 0 saturated heterocycles. The molecule has 0 saturated carbocycles. The topological polar surface area (TPSA) is 20.3 Å². The maximum Gasteiger partial charge on any atom is 0.223 e. The first-order valence-electron chi connectivity index (χ1n) is 15.7. The van der Waals surface area contributed by atoms with Gasteiger partial charge in [-0.05, 0) is 37.3 Å². The predicted octanol–water partition coefficient (Wildman–Crippen LogP) is 10.9. The number of carbonyl (C=O) groups excluding carboxylic acids is 1. The van der Waals surface area contributed by atoms with Gasteiger partial charge in [0.15, 0.2) is 0 Å². The van der Waals surface area contributed by atoms with Crippen molar-refractivity contribution in [2.75, 3.05) is 6.54 Å². The fourth-order valence-electron chi connectivity index (χ4n) is 5.24. The van der Waals surface area contributed by atoms with Crippen LogP contribution in [0.2, 0.25) is 0 Å².